The summed E-state index contributed by atoms with van der Waals surface area (Å²) in [5, 5.41) is 11.6. The predicted octanol–water partition coefficient (Wildman–Crippen LogP) is 3.41. The maximum atomic E-state index is 12.2. The number of carbonyl (C=O) groups is 2. The van der Waals surface area contributed by atoms with Crippen molar-refractivity contribution in [3.63, 3.8) is 0 Å². The number of benzene rings is 1. The molecule has 1 heterocycles. The zero-order chi connectivity index (χ0) is 15.6. The van der Waals surface area contributed by atoms with Gasteiger partial charge in [-0.25, -0.2) is 9.78 Å². The van der Waals surface area contributed by atoms with Gasteiger partial charge in [0.15, 0.2) is 0 Å². The largest absolute Gasteiger partial charge is 0.477 e. The van der Waals surface area contributed by atoms with Crippen LogP contribution in [0, 0.1) is 13.8 Å². The van der Waals surface area contributed by atoms with Crippen LogP contribution in [0.3, 0.4) is 0 Å². The second-order valence-corrected chi connectivity index (χ2v) is 5.52. The number of anilines is 1. The molecule has 5 nitrogen and oxygen atoms in total. The van der Waals surface area contributed by atoms with Crippen LogP contribution < -0.4 is 5.32 Å². The van der Waals surface area contributed by atoms with Crippen molar-refractivity contribution in [1.29, 1.82) is 0 Å². The smallest absolute Gasteiger partial charge is 0.354 e. The van der Waals surface area contributed by atoms with E-state index in [1.165, 1.54) is 18.3 Å². The summed E-state index contributed by atoms with van der Waals surface area (Å²) in [4.78, 5) is 26.6. The summed E-state index contributed by atoms with van der Waals surface area (Å²) in [6.45, 7) is 3.80. The topological polar surface area (TPSA) is 79.3 Å². The van der Waals surface area contributed by atoms with Crippen LogP contribution in [0.15, 0.2) is 34.9 Å². The molecule has 0 atom stereocenters. The number of aryl methyl sites for hydroxylation is 2. The van der Waals surface area contributed by atoms with E-state index >= 15 is 0 Å². The Bertz CT molecular complexity index is 688. The van der Waals surface area contributed by atoms with Crippen LogP contribution in [0.5, 0.6) is 0 Å². The second-order valence-electron chi connectivity index (χ2n) is 4.61. The van der Waals surface area contributed by atoms with E-state index in [1.807, 2.05) is 26.0 Å². The zero-order valence-electron chi connectivity index (χ0n) is 11.5. The normalized spacial score (nSPS) is 10.2. The SMILES string of the molecule is Cc1cc(Br)cc(C)c1NC(=O)c1ccc(C(=O)O)nc1. The van der Waals surface area contributed by atoms with E-state index in [9.17, 15) is 9.59 Å². The molecule has 21 heavy (non-hydrogen) atoms. The molecule has 1 amide bonds. The number of amides is 1. The fraction of sp³-hybridized carbons (Fsp3) is 0.133. The van der Waals surface area contributed by atoms with Crippen molar-refractivity contribution in [3.8, 4) is 0 Å². The number of rotatable bonds is 3. The Labute approximate surface area is 130 Å². The number of nitrogens with one attached hydrogen (secondary N) is 1. The molecule has 0 aliphatic rings. The summed E-state index contributed by atoms with van der Waals surface area (Å²) in [5.41, 5.74) is 2.82. The lowest BCUT2D eigenvalue weighted by atomic mass is 10.1. The van der Waals surface area contributed by atoms with Crippen LogP contribution >= 0.6 is 15.9 Å². The van der Waals surface area contributed by atoms with Gasteiger partial charge in [0.1, 0.15) is 5.69 Å². The van der Waals surface area contributed by atoms with Gasteiger partial charge in [-0.3, -0.25) is 4.79 Å². The predicted molar refractivity (Wildman–Crippen MR) is 82.8 cm³/mol. The number of carboxylic acid groups (broad SMARTS) is 1. The summed E-state index contributed by atoms with van der Waals surface area (Å²) >= 11 is 3.40. The molecule has 108 valence electrons. The number of halogens is 1. The van der Waals surface area contributed by atoms with Gasteiger partial charge in [-0.15, -0.1) is 0 Å². The molecule has 2 rings (SSSR count). The van der Waals surface area contributed by atoms with Gasteiger partial charge in [-0.2, -0.15) is 0 Å². The van der Waals surface area contributed by atoms with Gasteiger partial charge in [0.05, 0.1) is 5.56 Å². The standard InChI is InChI=1S/C15H13BrN2O3/c1-8-5-11(16)6-9(2)13(8)18-14(19)10-3-4-12(15(20)21)17-7-10/h3-7H,1-2H3,(H,18,19)(H,20,21). The van der Waals surface area contributed by atoms with Crippen LogP contribution in [0.2, 0.25) is 0 Å². The Morgan fingerprint density at radius 1 is 1.19 bits per heavy atom. The number of hydrogen-bond donors (Lipinski definition) is 2. The van der Waals surface area contributed by atoms with Gasteiger partial charge in [0.25, 0.3) is 5.91 Å². The van der Waals surface area contributed by atoms with E-state index in [-0.39, 0.29) is 11.6 Å². The molecule has 0 radical (unpaired) electrons. The Morgan fingerprint density at radius 3 is 2.29 bits per heavy atom. The number of pyridine rings is 1. The van der Waals surface area contributed by atoms with Gasteiger partial charge in [0.2, 0.25) is 0 Å². The molecule has 1 aromatic heterocycles. The minimum atomic E-state index is -1.12. The Kier molecular flexibility index (Phi) is 4.37. The van der Waals surface area contributed by atoms with E-state index in [4.69, 9.17) is 5.11 Å². The summed E-state index contributed by atoms with van der Waals surface area (Å²) < 4.78 is 0.947. The van der Waals surface area contributed by atoms with Crippen LogP contribution in [0.25, 0.3) is 0 Å². The van der Waals surface area contributed by atoms with Crippen molar-refractivity contribution >= 4 is 33.5 Å². The Hall–Kier alpha value is -2.21. The van der Waals surface area contributed by atoms with Crippen molar-refractivity contribution in [1.82, 2.24) is 4.98 Å². The maximum Gasteiger partial charge on any atom is 0.354 e. The molecule has 0 bridgehead atoms. The highest BCUT2D eigenvalue weighted by Gasteiger charge is 2.12. The van der Waals surface area contributed by atoms with E-state index < -0.39 is 5.97 Å². The number of carbonyl (C=O) groups excluding carboxylic acids is 1. The number of aromatic carboxylic acids is 1. The Morgan fingerprint density at radius 2 is 1.81 bits per heavy atom. The molecule has 0 fully saturated rings. The molecule has 0 unspecified atom stereocenters. The van der Waals surface area contributed by atoms with Crippen LogP contribution in [-0.4, -0.2) is 22.0 Å². The summed E-state index contributed by atoms with van der Waals surface area (Å²) in [6.07, 6.45) is 1.25. The van der Waals surface area contributed by atoms with Crippen molar-refractivity contribution in [2.75, 3.05) is 5.32 Å². The van der Waals surface area contributed by atoms with Crippen LogP contribution in [-0.2, 0) is 0 Å². The van der Waals surface area contributed by atoms with Crippen LogP contribution in [0.4, 0.5) is 5.69 Å². The molecule has 0 saturated heterocycles. The molecule has 0 spiro atoms. The summed E-state index contributed by atoms with van der Waals surface area (Å²) in [7, 11) is 0. The molecular weight excluding hydrogens is 336 g/mol. The van der Waals surface area contributed by atoms with E-state index in [1.54, 1.807) is 0 Å². The number of carboxylic acids is 1. The molecule has 0 saturated carbocycles. The molecule has 1 aromatic carbocycles. The summed E-state index contributed by atoms with van der Waals surface area (Å²) in [5.74, 6) is -1.45. The molecular formula is C15H13BrN2O3. The highest BCUT2D eigenvalue weighted by atomic mass is 79.9. The quantitative estimate of drug-likeness (QED) is 0.890. The first-order valence-electron chi connectivity index (χ1n) is 6.16. The lowest BCUT2D eigenvalue weighted by Gasteiger charge is -2.12. The minimum absolute atomic E-state index is 0.0949. The first kappa shape index (κ1) is 15.2. The summed E-state index contributed by atoms with van der Waals surface area (Å²) in [6, 6.07) is 6.57. The Balaban J connectivity index is 2.24. The van der Waals surface area contributed by atoms with Gasteiger partial charge < -0.3 is 10.4 Å². The maximum absolute atomic E-state index is 12.2. The number of nitrogens with zero attached hydrogens (tertiary/aromatic N) is 1. The van der Waals surface area contributed by atoms with Gasteiger partial charge >= 0.3 is 5.97 Å². The number of aromatic nitrogens is 1. The minimum Gasteiger partial charge on any atom is -0.477 e. The van der Waals surface area contributed by atoms with Gasteiger partial charge in [0, 0.05) is 16.4 Å². The zero-order valence-corrected chi connectivity index (χ0v) is 13.1. The average molecular weight is 349 g/mol. The lowest BCUT2D eigenvalue weighted by Crippen LogP contribution is -2.14. The lowest BCUT2D eigenvalue weighted by molar-refractivity contribution is 0.0690. The van der Waals surface area contributed by atoms with E-state index in [2.05, 4.69) is 26.2 Å². The highest BCUT2D eigenvalue weighted by molar-refractivity contribution is 9.10. The molecule has 0 aliphatic heterocycles. The fourth-order valence-electron chi connectivity index (χ4n) is 1.95. The van der Waals surface area contributed by atoms with E-state index in [0.29, 0.717) is 5.56 Å². The molecule has 2 aromatic rings. The molecule has 6 heteroatoms. The third kappa shape index (κ3) is 3.46. The fourth-order valence-corrected chi connectivity index (χ4v) is 2.63. The van der Waals surface area contributed by atoms with Crippen LogP contribution in [0.1, 0.15) is 32.0 Å². The first-order valence-corrected chi connectivity index (χ1v) is 6.95. The van der Waals surface area contributed by atoms with Crippen molar-refractivity contribution in [2.45, 2.75) is 13.8 Å². The van der Waals surface area contributed by atoms with Crippen molar-refractivity contribution in [2.24, 2.45) is 0 Å². The monoisotopic (exact) mass is 348 g/mol. The highest BCUT2D eigenvalue weighted by Crippen LogP contribution is 2.25. The molecule has 0 aliphatic carbocycles. The van der Waals surface area contributed by atoms with Crippen molar-refractivity contribution in [3.05, 3.63) is 57.3 Å². The van der Waals surface area contributed by atoms with Gasteiger partial charge in [-0.05, 0) is 49.2 Å². The second kappa shape index (κ2) is 6.05. The van der Waals surface area contributed by atoms with Crippen molar-refractivity contribution < 1.29 is 14.7 Å². The molecule has 2 N–H and O–H groups in total. The number of hydrogen-bond acceptors (Lipinski definition) is 3. The third-order valence-corrected chi connectivity index (χ3v) is 3.44. The third-order valence-electron chi connectivity index (χ3n) is 2.98. The average Bonchev–Trinajstić information content (AvgIpc) is 2.42. The van der Waals surface area contributed by atoms with Gasteiger partial charge in [-0.1, -0.05) is 15.9 Å². The first-order chi connectivity index (χ1) is 9.88. The van der Waals surface area contributed by atoms with E-state index in [0.717, 1.165) is 21.3 Å².